The summed E-state index contributed by atoms with van der Waals surface area (Å²) in [6.07, 6.45) is 1.26. The highest BCUT2D eigenvalue weighted by Crippen LogP contribution is 2.40. The number of pyridine rings is 1. The summed E-state index contributed by atoms with van der Waals surface area (Å²) in [6, 6.07) is 3.65. The smallest absolute Gasteiger partial charge is 0.275 e. The van der Waals surface area contributed by atoms with Gasteiger partial charge in [0, 0.05) is 12.3 Å². The van der Waals surface area contributed by atoms with Crippen LogP contribution in [0.4, 0.5) is 18.9 Å². The number of hydrogen-bond donors (Lipinski definition) is 0. The zero-order valence-corrected chi connectivity index (χ0v) is 14.5. The van der Waals surface area contributed by atoms with Gasteiger partial charge in [-0.1, -0.05) is 0 Å². The van der Waals surface area contributed by atoms with Crippen LogP contribution in [0.5, 0.6) is 17.2 Å². The van der Waals surface area contributed by atoms with E-state index in [-0.39, 0.29) is 26.9 Å². The fraction of sp³-hybridized carbons (Fsp3) is 0.0625. The van der Waals surface area contributed by atoms with Crippen LogP contribution in [0.15, 0.2) is 34.9 Å². The summed E-state index contributed by atoms with van der Waals surface area (Å²) in [4.78, 5) is 13.7. The largest absolute Gasteiger partial charge is 0.495 e. The second kappa shape index (κ2) is 6.79. The predicted molar refractivity (Wildman–Crippen MR) is 89.0 cm³/mol. The molecule has 1 heterocycles. The van der Waals surface area contributed by atoms with Crippen LogP contribution in [-0.2, 0) is 0 Å². The summed E-state index contributed by atoms with van der Waals surface area (Å²) in [5.41, 5.74) is -0.645. The number of aromatic nitrogens is 1. The van der Waals surface area contributed by atoms with Gasteiger partial charge in [-0.3, -0.25) is 15.1 Å². The number of rotatable bonds is 4. The Morgan fingerprint density at radius 1 is 1.15 bits per heavy atom. The molecule has 6 nitrogen and oxygen atoms in total. The minimum absolute atomic E-state index is 0.0185. The van der Waals surface area contributed by atoms with E-state index >= 15 is 0 Å². The van der Waals surface area contributed by atoms with Crippen LogP contribution in [0, 0.1) is 27.6 Å². The fourth-order valence-corrected chi connectivity index (χ4v) is 2.76. The van der Waals surface area contributed by atoms with E-state index in [4.69, 9.17) is 9.47 Å². The average Bonchev–Trinajstić information content (AvgIpc) is 2.60. The lowest BCUT2D eigenvalue weighted by atomic mass is 10.2. The normalized spacial score (nSPS) is 10.8. The van der Waals surface area contributed by atoms with Gasteiger partial charge in [-0.05, 0) is 22.0 Å². The lowest BCUT2D eigenvalue weighted by Gasteiger charge is -2.13. The fourth-order valence-electron chi connectivity index (χ4n) is 2.29. The molecular formula is C16H8BrF3N2O4. The van der Waals surface area contributed by atoms with E-state index in [1.807, 2.05) is 0 Å². The highest BCUT2D eigenvalue weighted by Gasteiger charge is 2.22. The van der Waals surface area contributed by atoms with Gasteiger partial charge in [-0.2, -0.15) is 0 Å². The Morgan fingerprint density at radius 3 is 2.38 bits per heavy atom. The van der Waals surface area contributed by atoms with Gasteiger partial charge in [0.05, 0.1) is 39.5 Å². The Bertz CT molecular complexity index is 1020. The second-order valence-corrected chi connectivity index (χ2v) is 5.80. The van der Waals surface area contributed by atoms with Crippen molar-refractivity contribution in [2.24, 2.45) is 0 Å². The Morgan fingerprint density at radius 2 is 1.81 bits per heavy atom. The summed E-state index contributed by atoms with van der Waals surface area (Å²) in [6.45, 7) is 0. The molecule has 2 aromatic carbocycles. The molecule has 0 atom stereocenters. The molecular weight excluding hydrogens is 421 g/mol. The molecule has 0 bridgehead atoms. The van der Waals surface area contributed by atoms with Gasteiger partial charge in [0.25, 0.3) is 5.69 Å². The van der Waals surface area contributed by atoms with Crippen LogP contribution < -0.4 is 9.47 Å². The van der Waals surface area contributed by atoms with Crippen LogP contribution in [0.2, 0.25) is 0 Å². The zero-order chi connectivity index (χ0) is 19.0. The molecule has 134 valence electrons. The summed E-state index contributed by atoms with van der Waals surface area (Å²) in [5.74, 6) is -4.33. The van der Waals surface area contributed by atoms with Crippen molar-refractivity contribution in [3.05, 3.63) is 62.5 Å². The molecule has 1 aromatic heterocycles. The van der Waals surface area contributed by atoms with Crippen LogP contribution in [0.1, 0.15) is 0 Å². The number of non-ortho nitro benzene ring substituents is 1. The number of nitro groups is 1. The number of methoxy groups -OCH3 is 1. The first kappa shape index (κ1) is 17.9. The Balaban J connectivity index is 2.16. The van der Waals surface area contributed by atoms with Gasteiger partial charge in [-0.25, -0.2) is 13.2 Å². The number of hydrogen-bond acceptors (Lipinski definition) is 5. The number of halogens is 4. The first-order chi connectivity index (χ1) is 12.3. The minimum Gasteiger partial charge on any atom is -0.495 e. The first-order valence-corrected chi connectivity index (χ1v) is 7.74. The lowest BCUT2D eigenvalue weighted by Crippen LogP contribution is -1.98. The molecule has 0 spiro atoms. The van der Waals surface area contributed by atoms with Crippen LogP contribution >= 0.6 is 15.9 Å². The Hall–Kier alpha value is -2.88. The molecule has 0 aliphatic carbocycles. The number of fused-ring (bicyclic) bond motifs is 1. The zero-order valence-electron chi connectivity index (χ0n) is 12.9. The van der Waals surface area contributed by atoms with E-state index < -0.39 is 33.8 Å². The summed E-state index contributed by atoms with van der Waals surface area (Å²) in [5, 5.41) is 10.5. The molecule has 0 saturated carbocycles. The van der Waals surface area contributed by atoms with Gasteiger partial charge in [-0.15, -0.1) is 0 Å². The van der Waals surface area contributed by atoms with E-state index in [1.165, 1.54) is 25.4 Å². The predicted octanol–water partition coefficient (Wildman–Crippen LogP) is 5.12. The minimum atomic E-state index is -1.30. The molecule has 0 fully saturated rings. The number of nitrogens with zero attached hydrogens (tertiary/aromatic N) is 2. The van der Waals surface area contributed by atoms with E-state index in [0.717, 1.165) is 0 Å². The van der Waals surface area contributed by atoms with E-state index in [1.54, 1.807) is 0 Å². The third kappa shape index (κ3) is 3.03. The van der Waals surface area contributed by atoms with Crippen molar-refractivity contribution in [3.63, 3.8) is 0 Å². The highest BCUT2D eigenvalue weighted by atomic mass is 79.9. The van der Waals surface area contributed by atoms with Crippen molar-refractivity contribution in [2.75, 3.05) is 7.11 Å². The van der Waals surface area contributed by atoms with Crippen molar-refractivity contribution in [3.8, 4) is 17.2 Å². The SMILES string of the molecule is COc1cc2nccc(Oc3c(F)cc([N+](=O)[O-])cc3F)c2c(F)c1Br. The molecule has 0 N–H and O–H groups in total. The third-order valence-corrected chi connectivity index (χ3v) is 4.20. The van der Waals surface area contributed by atoms with Crippen molar-refractivity contribution in [1.29, 1.82) is 0 Å². The van der Waals surface area contributed by atoms with Gasteiger partial charge in [0.15, 0.2) is 23.2 Å². The van der Waals surface area contributed by atoms with Gasteiger partial charge in [0.1, 0.15) is 11.5 Å². The van der Waals surface area contributed by atoms with Crippen molar-refractivity contribution in [1.82, 2.24) is 4.98 Å². The Labute approximate surface area is 152 Å². The van der Waals surface area contributed by atoms with Gasteiger partial charge in [0.2, 0.25) is 0 Å². The van der Waals surface area contributed by atoms with Crippen molar-refractivity contribution >= 4 is 32.5 Å². The van der Waals surface area contributed by atoms with Crippen LogP contribution in [-0.4, -0.2) is 17.0 Å². The molecule has 3 aromatic rings. The number of nitro benzene ring substituents is 1. The quantitative estimate of drug-likeness (QED) is 0.425. The highest BCUT2D eigenvalue weighted by molar-refractivity contribution is 9.10. The molecule has 0 aliphatic heterocycles. The maximum Gasteiger partial charge on any atom is 0.275 e. The van der Waals surface area contributed by atoms with E-state index in [9.17, 15) is 23.3 Å². The molecule has 0 unspecified atom stereocenters. The molecule has 0 saturated heterocycles. The van der Waals surface area contributed by atoms with Gasteiger partial charge >= 0.3 is 0 Å². The van der Waals surface area contributed by atoms with E-state index in [0.29, 0.717) is 12.1 Å². The number of benzene rings is 2. The van der Waals surface area contributed by atoms with Crippen LogP contribution in [0.25, 0.3) is 10.9 Å². The standard InChI is InChI=1S/C16H8BrF3N2O4/c1-25-12-6-10-13(15(20)14(12)17)11(2-3-21-10)26-16-8(18)4-7(22(23)24)5-9(16)19/h2-6H,1H3. The molecule has 10 heteroatoms. The van der Waals surface area contributed by atoms with Crippen molar-refractivity contribution < 1.29 is 27.6 Å². The molecule has 0 radical (unpaired) electrons. The molecule has 26 heavy (non-hydrogen) atoms. The topological polar surface area (TPSA) is 74.5 Å². The van der Waals surface area contributed by atoms with Crippen LogP contribution in [0.3, 0.4) is 0 Å². The van der Waals surface area contributed by atoms with Gasteiger partial charge < -0.3 is 9.47 Å². The summed E-state index contributed by atoms with van der Waals surface area (Å²) in [7, 11) is 1.34. The van der Waals surface area contributed by atoms with E-state index in [2.05, 4.69) is 20.9 Å². The maximum absolute atomic E-state index is 14.7. The maximum atomic E-state index is 14.7. The summed E-state index contributed by atoms with van der Waals surface area (Å²) < 4.78 is 52.9. The average molecular weight is 429 g/mol. The monoisotopic (exact) mass is 428 g/mol. The molecule has 0 aliphatic rings. The first-order valence-electron chi connectivity index (χ1n) is 6.95. The van der Waals surface area contributed by atoms with Crippen molar-refractivity contribution in [2.45, 2.75) is 0 Å². The molecule has 0 amide bonds. The third-order valence-electron chi connectivity index (χ3n) is 3.46. The summed E-state index contributed by atoms with van der Waals surface area (Å²) >= 11 is 3.03. The lowest BCUT2D eigenvalue weighted by molar-refractivity contribution is -0.385. The number of ether oxygens (including phenoxy) is 2. The second-order valence-electron chi connectivity index (χ2n) is 5.01. The Kier molecular flexibility index (Phi) is 4.68. The molecule has 3 rings (SSSR count).